The van der Waals surface area contributed by atoms with Crippen molar-refractivity contribution < 1.29 is 0 Å². The van der Waals surface area contributed by atoms with Crippen molar-refractivity contribution in [3.05, 3.63) is 24.3 Å². The van der Waals surface area contributed by atoms with Crippen molar-refractivity contribution in [1.82, 2.24) is 15.3 Å². The van der Waals surface area contributed by atoms with Crippen LogP contribution in [0.5, 0.6) is 0 Å². The number of terminal acetylenes is 1. The summed E-state index contributed by atoms with van der Waals surface area (Å²) < 4.78 is 0. The van der Waals surface area contributed by atoms with E-state index in [1.165, 1.54) is 0 Å². The van der Waals surface area contributed by atoms with Gasteiger partial charge < -0.3 is 5.32 Å². The van der Waals surface area contributed by atoms with Crippen molar-refractivity contribution in [1.29, 1.82) is 0 Å². The van der Waals surface area contributed by atoms with E-state index < -0.39 is 0 Å². The molecule has 0 saturated heterocycles. The maximum absolute atomic E-state index is 5.22. The quantitative estimate of drug-likeness (QED) is 0.614. The first-order valence-electron chi connectivity index (χ1n) is 3.28. The number of rotatable bonds is 2. The molecule has 1 rings (SSSR count). The van der Waals surface area contributed by atoms with Gasteiger partial charge >= 0.3 is 0 Å². The highest BCUT2D eigenvalue weighted by Gasteiger charge is 2.05. The first-order chi connectivity index (χ1) is 5.38. The van der Waals surface area contributed by atoms with E-state index in [4.69, 9.17) is 6.42 Å². The summed E-state index contributed by atoms with van der Waals surface area (Å²) in [6.07, 6.45) is 8.56. The normalized spacial score (nSPS) is 12.0. The lowest BCUT2D eigenvalue weighted by molar-refractivity contribution is 0.685. The molecule has 0 bridgehead atoms. The van der Waals surface area contributed by atoms with Crippen LogP contribution in [0.3, 0.4) is 0 Å². The third-order valence-electron chi connectivity index (χ3n) is 1.30. The average Bonchev–Trinajstić information content (AvgIpc) is 2.09. The fourth-order valence-corrected chi connectivity index (χ4v) is 0.747. The highest BCUT2D eigenvalue weighted by molar-refractivity contribution is 5.10. The Balaban J connectivity index is 2.85. The van der Waals surface area contributed by atoms with Crippen molar-refractivity contribution in [2.45, 2.75) is 6.04 Å². The summed E-state index contributed by atoms with van der Waals surface area (Å²) in [6.45, 7) is 0. The molecule has 1 unspecified atom stereocenters. The van der Waals surface area contributed by atoms with Gasteiger partial charge in [-0.2, -0.15) is 0 Å². The Bertz CT molecular complexity index is 250. The number of nitrogens with zero attached hydrogens (tertiary/aromatic N) is 2. The maximum Gasteiger partial charge on any atom is 0.157 e. The minimum absolute atomic E-state index is 0.184. The van der Waals surface area contributed by atoms with E-state index in [0.717, 1.165) is 0 Å². The molecule has 11 heavy (non-hydrogen) atoms. The minimum Gasteiger partial charge on any atom is -0.300 e. The first kappa shape index (κ1) is 7.70. The molecule has 0 spiro atoms. The van der Waals surface area contributed by atoms with Gasteiger partial charge in [0.2, 0.25) is 0 Å². The Morgan fingerprint density at radius 2 is 2.18 bits per heavy atom. The largest absolute Gasteiger partial charge is 0.300 e. The van der Waals surface area contributed by atoms with Crippen LogP contribution < -0.4 is 5.32 Å². The zero-order valence-electron chi connectivity index (χ0n) is 6.28. The zero-order valence-corrected chi connectivity index (χ0v) is 6.28. The van der Waals surface area contributed by atoms with Crippen LogP contribution in [0.4, 0.5) is 0 Å². The lowest BCUT2D eigenvalue weighted by Crippen LogP contribution is -2.16. The minimum atomic E-state index is -0.184. The highest BCUT2D eigenvalue weighted by atomic mass is 15.0. The molecule has 0 amide bonds. The van der Waals surface area contributed by atoms with Crippen LogP contribution >= 0.6 is 0 Å². The van der Waals surface area contributed by atoms with Crippen LogP contribution in [-0.2, 0) is 0 Å². The molecule has 1 atom stereocenters. The summed E-state index contributed by atoms with van der Waals surface area (Å²) in [5.74, 6) is 3.17. The lowest BCUT2D eigenvalue weighted by Gasteiger charge is -2.05. The summed E-state index contributed by atoms with van der Waals surface area (Å²) >= 11 is 0. The Labute approximate surface area is 65.9 Å². The van der Waals surface area contributed by atoms with E-state index in [-0.39, 0.29) is 6.04 Å². The Hall–Kier alpha value is -1.40. The van der Waals surface area contributed by atoms with Gasteiger partial charge in [0.05, 0.1) is 0 Å². The molecule has 1 heterocycles. The van der Waals surface area contributed by atoms with Gasteiger partial charge in [0.1, 0.15) is 6.04 Å². The van der Waals surface area contributed by atoms with E-state index in [1.54, 1.807) is 25.5 Å². The van der Waals surface area contributed by atoms with Gasteiger partial charge in [-0.25, -0.2) is 9.97 Å². The number of nitrogens with one attached hydrogen (secondary N) is 1. The molecule has 1 aromatic heterocycles. The summed E-state index contributed by atoms with van der Waals surface area (Å²) in [4.78, 5) is 8.01. The first-order valence-corrected chi connectivity index (χ1v) is 3.28. The van der Waals surface area contributed by atoms with Gasteiger partial charge in [-0.1, -0.05) is 5.92 Å². The second-order valence-electron chi connectivity index (χ2n) is 2.00. The zero-order chi connectivity index (χ0) is 8.10. The molecule has 0 aliphatic rings. The van der Waals surface area contributed by atoms with Crippen LogP contribution in [0.25, 0.3) is 0 Å². The van der Waals surface area contributed by atoms with E-state index in [9.17, 15) is 0 Å². The van der Waals surface area contributed by atoms with Crippen molar-refractivity contribution in [3.63, 3.8) is 0 Å². The standard InChI is InChI=1S/C8H9N3/c1-3-7(9-2)8-10-5-4-6-11-8/h1,4-7,9H,2H3. The Morgan fingerprint density at radius 1 is 1.55 bits per heavy atom. The van der Waals surface area contributed by atoms with Gasteiger partial charge in [0.25, 0.3) is 0 Å². The van der Waals surface area contributed by atoms with Gasteiger partial charge in [0, 0.05) is 12.4 Å². The molecular formula is C8H9N3. The van der Waals surface area contributed by atoms with Crippen molar-refractivity contribution in [2.24, 2.45) is 0 Å². The smallest absolute Gasteiger partial charge is 0.157 e. The average molecular weight is 147 g/mol. The van der Waals surface area contributed by atoms with E-state index in [2.05, 4.69) is 21.2 Å². The van der Waals surface area contributed by atoms with Crippen molar-refractivity contribution in [2.75, 3.05) is 7.05 Å². The van der Waals surface area contributed by atoms with Gasteiger partial charge in [0.15, 0.2) is 5.82 Å². The topological polar surface area (TPSA) is 37.8 Å². The number of hydrogen-bond donors (Lipinski definition) is 1. The monoisotopic (exact) mass is 147 g/mol. The molecule has 0 aliphatic heterocycles. The molecule has 0 radical (unpaired) electrons. The van der Waals surface area contributed by atoms with Crippen molar-refractivity contribution >= 4 is 0 Å². The SMILES string of the molecule is C#CC(NC)c1ncccn1. The molecule has 0 aromatic carbocycles. The molecule has 3 nitrogen and oxygen atoms in total. The molecular weight excluding hydrogens is 138 g/mol. The maximum atomic E-state index is 5.22. The van der Waals surface area contributed by atoms with Gasteiger partial charge in [-0.3, -0.25) is 0 Å². The molecule has 0 fully saturated rings. The number of aromatic nitrogens is 2. The molecule has 0 saturated carbocycles. The number of hydrogen-bond acceptors (Lipinski definition) is 3. The lowest BCUT2D eigenvalue weighted by atomic mass is 10.3. The molecule has 0 aliphatic carbocycles. The fraction of sp³-hybridized carbons (Fsp3) is 0.250. The van der Waals surface area contributed by atoms with E-state index >= 15 is 0 Å². The fourth-order valence-electron chi connectivity index (χ4n) is 0.747. The molecule has 3 heteroatoms. The van der Waals surface area contributed by atoms with Gasteiger partial charge in [-0.05, 0) is 13.1 Å². The molecule has 1 N–H and O–H groups in total. The second-order valence-corrected chi connectivity index (χ2v) is 2.00. The van der Waals surface area contributed by atoms with Crippen LogP contribution in [-0.4, -0.2) is 17.0 Å². The second kappa shape index (κ2) is 3.69. The molecule has 56 valence electrons. The summed E-state index contributed by atoms with van der Waals surface area (Å²) in [6, 6.07) is 1.57. The van der Waals surface area contributed by atoms with Gasteiger partial charge in [-0.15, -0.1) is 6.42 Å². The summed E-state index contributed by atoms with van der Waals surface area (Å²) in [5.41, 5.74) is 0. The van der Waals surface area contributed by atoms with Crippen LogP contribution in [0, 0.1) is 12.3 Å². The van der Waals surface area contributed by atoms with Crippen LogP contribution in [0.2, 0.25) is 0 Å². The van der Waals surface area contributed by atoms with Crippen molar-refractivity contribution in [3.8, 4) is 12.3 Å². The predicted octanol–water partition coefficient (Wildman–Crippen LogP) is 0.370. The van der Waals surface area contributed by atoms with E-state index in [1.807, 2.05) is 0 Å². The highest BCUT2D eigenvalue weighted by Crippen LogP contribution is 2.01. The summed E-state index contributed by atoms with van der Waals surface area (Å²) in [7, 11) is 1.78. The predicted molar refractivity (Wildman–Crippen MR) is 42.7 cm³/mol. The third kappa shape index (κ3) is 1.76. The summed E-state index contributed by atoms with van der Waals surface area (Å²) in [5, 5.41) is 2.91. The Morgan fingerprint density at radius 3 is 2.64 bits per heavy atom. The molecule has 1 aromatic rings. The van der Waals surface area contributed by atoms with E-state index in [0.29, 0.717) is 5.82 Å². The van der Waals surface area contributed by atoms with Crippen LogP contribution in [0.15, 0.2) is 18.5 Å². The Kier molecular flexibility index (Phi) is 2.59. The van der Waals surface area contributed by atoms with Crippen LogP contribution in [0.1, 0.15) is 11.9 Å². The third-order valence-corrected chi connectivity index (χ3v) is 1.30.